The maximum atomic E-state index is 3.61. The number of benzene rings is 1. The zero-order chi connectivity index (χ0) is 9.31. The predicted molar refractivity (Wildman–Crippen MR) is 59.9 cm³/mol. The summed E-state index contributed by atoms with van der Waals surface area (Å²) in [5.41, 5.74) is 1.75. The molecule has 0 aliphatic heterocycles. The first-order valence-electron chi connectivity index (χ1n) is 4.62. The summed E-state index contributed by atoms with van der Waals surface area (Å²) in [6.45, 7) is 2.33. The van der Waals surface area contributed by atoms with E-state index < -0.39 is 0 Å². The van der Waals surface area contributed by atoms with Gasteiger partial charge in [0.25, 0.3) is 0 Å². The monoisotopic (exact) mass is 236 g/mol. The normalized spacial score (nSPS) is 19.2. The molecule has 0 spiro atoms. The Bertz CT molecular complexity index is 331. The Kier molecular flexibility index (Phi) is 2.29. The summed E-state index contributed by atoms with van der Waals surface area (Å²) in [7, 11) is 0. The molecular weight excluding hydrogens is 224 g/mol. The third-order valence-electron chi connectivity index (χ3n) is 2.83. The van der Waals surface area contributed by atoms with E-state index in [0.717, 1.165) is 12.8 Å². The fraction of sp³-hybridized carbons (Fsp3) is 0.333. The van der Waals surface area contributed by atoms with Gasteiger partial charge in [-0.1, -0.05) is 53.2 Å². The summed E-state index contributed by atoms with van der Waals surface area (Å²) < 4.78 is 1.24. The minimum atomic E-state index is 0.320. The molecule has 0 unspecified atom stereocenters. The summed E-state index contributed by atoms with van der Waals surface area (Å²) in [6.07, 6.45) is 6.88. The predicted octanol–water partition coefficient (Wildman–Crippen LogP) is 4.06. The van der Waals surface area contributed by atoms with Crippen molar-refractivity contribution in [3.63, 3.8) is 0 Å². The molecule has 1 heteroatoms. The molecule has 0 fully saturated rings. The van der Waals surface area contributed by atoms with Crippen molar-refractivity contribution >= 4 is 15.9 Å². The lowest BCUT2D eigenvalue weighted by atomic mass is 9.80. The first-order chi connectivity index (χ1) is 6.22. The van der Waals surface area contributed by atoms with Crippen LogP contribution in [0.25, 0.3) is 0 Å². The van der Waals surface area contributed by atoms with Gasteiger partial charge in [-0.3, -0.25) is 0 Å². The van der Waals surface area contributed by atoms with Gasteiger partial charge >= 0.3 is 0 Å². The van der Waals surface area contributed by atoms with Crippen LogP contribution >= 0.6 is 15.9 Å². The summed E-state index contributed by atoms with van der Waals surface area (Å²) in [5.74, 6) is 0. The Morgan fingerprint density at radius 2 is 1.77 bits per heavy atom. The van der Waals surface area contributed by atoms with Gasteiger partial charge in [-0.05, 0) is 24.5 Å². The van der Waals surface area contributed by atoms with E-state index >= 15 is 0 Å². The van der Waals surface area contributed by atoms with Crippen LogP contribution in [-0.2, 0) is 5.41 Å². The molecule has 0 atom stereocenters. The van der Waals surface area contributed by atoms with Crippen LogP contribution < -0.4 is 0 Å². The molecular formula is C12H13Br. The quantitative estimate of drug-likeness (QED) is 0.646. The zero-order valence-corrected chi connectivity index (χ0v) is 9.34. The van der Waals surface area contributed by atoms with E-state index in [1.165, 1.54) is 10.0 Å². The van der Waals surface area contributed by atoms with Crippen molar-refractivity contribution in [1.82, 2.24) is 0 Å². The number of hydrogen-bond donors (Lipinski definition) is 0. The molecule has 2 rings (SSSR count). The van der Waals surface area contributed by atoms with Gasteiger partial charge < -0.3 is 0 Å². The average Bonchev–Trinajstić information content (AvgIpc) is 2.54. The van der Waals surface area contributed by atoms with Crippen molar-refractivity contribution in [3.8, 4) is 0 Å². The van der Waals surface area contributed by atoms with Crippen LogP contribution in [0.5, 0.6) is 0 Å². The van der Waals surface area contributed by atoms with Crippen LogP contribution in [0.2, 0.25) is 0 Å². The molecule has 1 aromatic carbocycles. The van der Waals surface area contributed by atoms with Gasteiger partial charge in [0.1, 0.15) is 0 Å². The van der Waals surface area contributed by atoms with Crippen molar-refractivity contribution in [2.45, 2.75) is 25.2 Å². The van der Waals surface area contributed by atoms with Gasteiger partial charge in [0, 0.05) is 9.89 Å². The molecule has 0 nitrogen and oxygen atoms in total. The van der Waals surface area contributed by atoms with Gasteiger partial charge in [-0.2, -0.15) is 0 Å². The fourth-order valence-electron chi connectivity index (χ4n) is 1.94. The summed E-state index contributed by atoms with van der Waals surface area (Å²) in [6, 6.07) is 8.53. The highest BCUT2D eigenvalue weighted by atomic mass is 79.9. The molecule has 0 amide bonds. The lowest BCUT2D eigenvalue weighted by molar-refractivity contribution is 0.509. The topological polar surface area (TPSA) is 0 Å². The van der Waals surface area contributed by atoms with Crippen LogP contribution in [0, 0.1) is 0 Å². The summed E-state index contributed by atoms with van der Waals surface area (Å²) in [5, 5.41) is 0. The van der Waals surface area contributed by atoms with Crippen molar-refractivity contribution in [1.29, 1.82) is 0 Å². The van der Waals surface area contributed by atoms with Gasteiger partial charge in [0.15, 0.2) is 0 Å². The zero-order valence-electron chi connectivity index (χ0n) is 7.76. The molecule has 0 aromatic heterocycles. The smallest absolute Gasteiger partial charge is 0.0213 e. The van der Waals surface area contributed by atoms with E-state index in [-0.39, 0.29) is 0 Å². The maximum Gasteiger partial charge on any atom is 0.0213 e. The van der Waals surface area contributed by atoms with Gasteiger partial charge in [0.05, 0.1) is 0 Å². The SMILES string of the molecule is CC1(c2ccccc2Br)CC=CC1. The second-order valence-corrected chi connectivity index (χ2v) is 4.77. The molecule has 0 radical (unpaired) electrons. The first-order valence-corrected chi connectivity index (χ1v) is 5.42. The van der Waals surface area contributed by atoms with E-state index in [0.29, 0.717) is 5.41 Å². The Hall–Kier alpha value is -0.560. The van der Waals surface area contributed by atoms with Gasteiger partial charge in [-0.15, -0.1) is 0 Å². The van der Waals surface area contributed by atoms with E-state index in [1.54, 1.807) is 0 Å². The highest BCUT2D eigenvalue weighted by Gasteiger charge is 2.28. The van der Waals surface area contributed by atoms with Crippen molar-refractivity contribution < 1.29 is 0 Å². The lowest BCUT2D eigenvalue weighted by Gasteiger charge is -2.25. The maximum absolute atomic E-state index is 3.61. The second-order valence-electron chi connectivity index (χ2n) is 3.92. The minimum Gasteiger partial charge on any atom is -0.0876 e. The summed E-state index contributed by atoms with van der Waals surface area (Å²) in [4.78, 5) is 0. The molecule has 0 bridgehead atoms. The van der Waals surface area contributed by atoms with Crippen molar-refractivity contribution in [3.05, 3.63) is 46.5 Å². The molecule has 1 aliphatic rings. The fourth-order valence-corrected chi connectivity index (χ4v) is 2.70. The molecule has 1 aromatic rings. The lowest BCUT2D eigenvalue weighted by Crippen LogP contribution is -2.17. The molecule has 1 aliphatic carbocycles. The van der Waals surface area contributed by atoms with Crippen LogP contribution in [0.15, 0.2) is 40.9 Å². The molecule has 0 saturated carbocycles. The van der Waals surface area contributed by atoms with Crippen LogP contribution in [0.4, 0.5) is 0 Å². The molecule has 0 heterocycles. The molecule has 0 N–H and O–H groups in total. The highest BCUT2D eigenvalue weighted by Crippen LogP contribution is 2.39. The Labute approximate surface area is 87.8 Å². The van der Waals surface area contributed by atoms with E-state index in [1.807, 2.05) is 0 Å². The van der Waals surface area contributed by atoms with Crippen LogP contribution in [-0.4, -0.2) is 0 Å². The van der Waals surface area contributed by atoms with E-state index in [9.17, 15) is 0 Å². The number of halogens is 1. The first kappa shape index (κ1) is 9.01. The molecule has 68 valence electrons. The third kappa shape index (κ3) is 1.58. The van der Waals surface area contributed by atoms with Crippen LogP contribution in [0.3, 0.4) is 0 Å². The standard InChI is InChI=1S/C12H13Br/c1-12(8-4-5-9-12)10-6-2-3-7-11(10)13/h2-7H,8-9H2,1H3. The van der Waals surface area contributed by atoms with E-state index in [2.05, 4.69) is 59.3 Å². The Balaban J connectivity index is 2.40. The summed E-state index contributed by atoms with van der Waals surface area (Å²) >= 11 is 3.61. The minimum absolute atomic E-state index is 0.320. The van der Waals surface area contributed by atoms with Gasteiger partial charge in [-0.25, -0.2) is 0 Å². The van der Waals surface area contributed by atoms with Crippen molar-refractivity contribution in [2.75, 3.05) is 0 Å². The Morgan fingerprint density at radius 3 is 2.38 bits per heavy atom. The van der Waals surface area contributed by atoms with Crippen molar-refractivity contribution in [2.24, 2.45) is 0 Å². The van der Waals surface area contributed by atoms with E-state index in [4.69, 9.17) is 0 Å². The average molecular weight is 237 g/mol. The molecule has 0 saturated heterocycles. The largest absolute Gasteiger partial charge is 0.0876 e. The van der Waals surface area contributed by atoms with Gasteiger partial charge in [0.2, 0.25) is 0 Å². The number of hydrogen-bond acceptors (Lipinski definition) is 0. The third-order valence-corrected chi connectivity index (χ3v) is 3.52. The highest BCUT2D eigenvalue weighted by molar-refractivity contribution is 9.10. The number of allylic oxidation sites excluding steroid dienone is 2. The second kappa shape index (κ2) is 3.30. The Morgan fingerprint density at radius 1 is 1.15 bits per heavy atom. The number of rotatable bonds is 1. The van der Waals surface area contributed by atoms with Crippen LogP contribution in [0.1, 0.15) is 25.3 Å². The molecule has 13 heavy (non-hydrogen) atoms.